The third-order valence-corrected chi connectivity index (χ3v) is 1.71. The molecule has 0 aromatic carbocycles. The molecule has 0 spiro atoms. The molecule has 0 unspecified atom stereocenters. The van der Waals surface area contributed by atoms with E-state index in [-0.39, 0.29) is 0 Å². The predicted molar refractivity (Wildman–Crippen MR) is 46.7 cm³/mol. The molecule has 0 aliphatic heterocycles. The number of rotatable bonds is 6. The van der Waals surface area contributed by atoms with Gasteiger partial charge in [0.25, 0.3) is 0 Å². The molecule has 1 heteroatoms. The monoisotopic (exact) mass is 141 g/mol. The molecule has 60 valence electrons. The van der Waals surface area contributed by atoms with Crippen LogP contribution in [0.5, 0.6) is 0 Å². The maximum absolute atomic E-state index is 3.82. The summed E-state index contributed by atoms with van der Waals surface area (Å²) in [6.45, 7) is 12.8. The summed E-state index contributed by atoms with van der Waals surface area (Å²) in [4.78, 5) is 2.26. The van der Waals surface area contributed by atoms with Crippen LogP contribution in [-0.2, 0) is 0 Å². The number of nitrogens with zero attached hydrogens (tertiary/aromatic N) is 1. The molecule has 2 radical (unpaired) electrons. The van der Waals surface area contributed by atoms with E-state index in [0.29, 0.717) is 0 Å². The topological polar surface area (TPSA) is 3.24 Å². The third-order valence-electron chi connectivity index (χ3n) is 1.71. The van der Waals surface area contributed by atoms with E-state index in [1.807, 2.05) is 0 Å². The highest BCUT2D eigenvalue weighted by atomic mass is 15.1. The van der Waals surface area contributed by atoms with Gasteiger partial charge in [0.05, 0.1) is 0 Å². The number of hydrogen-bond acceptors (Lipinski definition) is 1. The Morgan fingerprint density at radius 2 is 1.70 bits per heavy atom. The Morgan fingerprint density at radius 3 is 2.10 bits per heavy atom. The van der Waals surface area contributed by atoms with Crippen LogP contribution in [-0.4, -0.2) is 24.5 Å². The molecule has 10 heavy (non-hydrogen) atoms. The molecule has 0 amide bonds. The van der Waals surface area contributed by atoms with Crippen molar-refractivity contribution >= 4 is 0 Å². The van der Waals surface area contributed by atoms with Crippen LogP contribution in [0.4, 0.5) is 0 Å². The van der Waals surface area contributed by atoms with Crippen LogP contribution in [0.2, 0.25) is 0 Å². The quantitative estimate of drug-likeness (QED) is 0.512. The maximum Gasteiger partial charge on any atom is -0.00183 e. The van der Waals surface area contributed by atoms with Gasteiger partial charge in [-0.2, -0.15) is 0 Å². The summed E-state index contributed by atoms with van der Waals surface area (Å²) in [6, 6.07) is 0. The second-order valence-corrected chi connectivity index (χ2v) is 2.55. The highest BCUT2D eigenvalue weighted by Crippen LogP contribution is 1.96. The average molecular weight is 141 g/mol. The summed E-state index contributed by atoms with van der Waals surface area (Å²) in [5.41, 5.74) is 0. The second kappa shape index (κ2) is 7.07. The minimum atomic E-state index is 0.896. The van der Waals surface area contributed by atoms with Crippen molar-refractivity contribution in [1.82, 2.24) is 4.90 Å². The van der Waals surface area contributed by atoms with Gasteiger partial charge < -0.3 is 4.90 Å². The molecule has 0 rings (SSSR count). The summed E-state index contributed by atoms with van der Waals surface area (Å²) in [5.74, 6) is 0. The van der Waals surface area contributed by atoms with E-state index < -0.39 is 0 Å². The minimum absolute atomic E-state index is 0.896. The van der Waals surface area contributed by atoms with Crippen LogP contribution in [0.15, 0.2) is 0 Å². The Bertz CT molecular complexity index is 57.7. The predicted octanol–water partition coefficient (Wildman–Crippen LogP) is 2.15. The molecule has 0 saturated carbocycles. The molecule has 0 heterocycles. The van der Waals surface area contributed by atoms with Crippen molar-refractivity contribution in [1.29, 1.82) is 0 Å². The van der Waals surface area contributed by atoms with E-state index in [4.69, 9.17) is 0 Å². The summed E-state index contributed by atoms with van der Waals surface area (Å²) >= 11 is 0. The molecule has 0 aromatic rings. The van der Waals surface area contributed by atoms with Gasteiger partial charge in [-0.05, 0) is 39.9 Å². The van der Waals surface area contributed by atoms with E-state index in [9.17, 15) is 0 Å². The first kappa shape index (κ1) is 9.96. The molecule has 0 atom stereocenters. The van der Waals surface area contributed by atoms with Gasteiger partial charge in [0, 0.05) is 0 Å². The lowest BCUT2D eigenvalue weighted by Gasteiger charge is -2.16. The Morgan fingerprint density at radius 1 is 1.10 bits per heavy atom. The average Bonchev–Trinajstić information content (AvgIpc) is 1.99. The number of hydrogen-bond donors (Lipinski definition) is 0. The summed E-state index contributed by atoms with van der Waals surface area (Å²) in [5, 5.41) is 0. The van der Waals surface area contributed by atoms with Crippen molar-refractivity contribution in [2.24, 2.45) is 0 Å². The Hall–Kier alpha value is -0.0400. The van der Waals surface area contributed by atoms with E-state index in [1.165, 1.54) is 25.8 Å². The van der Waals surface area contributed by atoms with E-state index in [1.54, 1.807) is 0 Å². The zero-order chi connectivity index (χ0) is 7.82. The smallest absolute Gasteiger partial charge is 0.00183 e. The third kappa shape index (κ3) is 4.80. The lowest BCUT2D eigenvalue weighted by Crippen LogP contribution is -2.24. The lowest BCUT2D eigenvalue weighted by molar-refractivity contribution is 0.323. The summed E-state index contributed by atoms with van der Waals surface area (Å²) in [6.07, 6.45) is 3.92. The molecule has 1 nitrogen and oxygen atoms in total. The molecule has 0 N–H and O–H groups in total. The number of unbranched alkanes of at least 4 members (excludes halogenated alkanes) is 2. The van der Waals surface area contributed by atoms with Crippen molar-refractivity contribution in [2.45, 2.75) is 26.2 Å². The highest BCUT2D eigenvalue weighted by Gasteiger charge is 1.95. The van der Waals surface area contributed by atoms with Crippen molar-refractivity contribution in [3.63, 3.8) is 0 Å². The SMILES string of the molecule is [CH2]CN(C[CH2])CCCCC. The van der Waals surface area contributed by atoms with E-state index >= 15 is 0 Å². The largest absolute Gasteiger partial charge is 0.303 e. The van der Waals surface area contributed by atoms with Crippen LogP contribution < -0.4 is 0 Å². The van der Waals surface area contributed by atoms with Crippen molar-refractivity contribution in [3.8, 4) is 0 Å². The van der Waals surface area contributed by atoms with Crippen LogP contribution in [0.25, 0.3) is 0 Å². The Labute approximate surface area is 65.4 Å². The lowest BCUT2D eigenvalue weighted by atomic mass is 10.2. The normalized spacial score (nSPS) is 10.8. The molecule has 0 saturated heterocycles. The Balaban J connectivity index is 3.09. The van der Waals surface area contributed by atoms with Gasteiger partial charge >= 0.3 is 0 Å². The van der Waals surface area contributed by atoms with Crippen molar-refractivity contribution in [3.05, 3.63) is 13.8 Å². The standard InChI is InChI=1S/C9H19N/c1-4-7-8-9-10(5-2)6-3/h2-9H2,1H3. The fourth-order valence-corrected chi connectivity index (χ4v) is 0.921. The fraction of sp³-hybridized carbons (Fsp3) is 0.778. The molecule has 0 aromatic heterocycles. The minimum Gasteiger partial charge on any atom is -0.303 e. The van der Waals surface area contributed by atoms with Gasteiger partial charge in [-0.1, -0.05) is 19.8 Å². The molecule has 0 aliphatic rings. The van der Waals surface area contributed by atoms with Crippen LogP contribution >= 0.6 is 0 Å². The first-order valence-corrected chi connectivity index (χ1v) is 4.16. The van der Waals surface area contributed by atoms with Crippen LogP contribution in [0.1, 0.15) is 26.2 Å². The highest BCUT2D eigenvalue weighted by molar-refractivity contribution is 4.59. The van der Waals surface area contributed by atoms with E-state index in [0.717, 1.165) is 13.1 Å². The zero-order valence-electron chi connectivity index (χ0n) is 7.10. The molecule has 0 aliphatic carbocycles. The first-order valence-electron chi connectivity index (χ1n) is 4.16. The summed E-state index contributed by atoms with van der Waals surface area (Å²) in [7, 11) is 0. The molecule has 0 fully saturated rings. The first-order chi connectivity index (χ1) is 4.85. The maximum atomic E-state index is 3.82. The van der Waals surface area contributed by atoms with Crippen LogP contribution in [0.3, 0.4) is 0 Å². The zero-order valence-corrected chi connectivity index (χ0v) is 7.10. The van der Waals surface area contributed by atoms with E-state index in [2.05, 4.69) is 25.7 Å². The molecule has 0 bridgehead atoms. The Kier molecular flexibility index (Phi) is 7.04. The van der Waals surface area contributed by atoms with Crippen LogP contribution in [0, 0.1) is 13.8 Å². The second-order valence-electron chi connectivity index (χ2n) is 2.55. The van der Waals surface area contributed by atoms with Gasteiger partial charge in [0.1, 0.15) is 0 Å². The van der Waals surface area contributed by atoms with Crippen molar-refractivity contribution in [2.75, 3.05) is 19.6 Å². The van der Waals surface area contributed by atoms with Gasteiger partial charge in [0.2, 0.25) is 0 Å². The van der Waals surface area contributed by atoms with Gasteiger partial charge in [0.15, 0.2) is 0 Å². The molecular weight excluding hydrogens is 122 g/mol. The van der Waals surface area contributed by atoms with Crippen molar-refractivity contribution < 1.29 is 0 Å². The summed E-state index contributed by atoms with van der Waals surface area (Å²) < 4.78 is 0. The van der Waals surface area contributed by atoms with Gasteiger partial charge in [-0.25, -0.2) is 0 Å². The van der Waals surface area contributed by atoms with Gasteiger partial charge in [-0.3, -0.25) is 0 Å². The van der Waals surface area contributed by atoms with Gasteiger partial charge in [-0.15, -0.1) is 0 Å². The molecular formula is C9H19N. The fourth-order valence-electron chi connectivity index (χ4n) is 0.921.